The molecule has 1 amide bonds. The summed E-state index contributed by atoms with van der Waals surface area (Å²) in [6, 6.07) is 2.25. The van der Waals surface area contributed by atoms with Gasteiger partial charge in [-0.15, -0.1) is 12.4 Å². The zero-order valence-electron chi connectivity index (χ0n) is 14.0. The molecule has 0 aromatic carbocycles. The van der Waals surface area contributed by atoms with Crippen LogP contribution < -0.4 is 11.1 Å². The van der Waals surface area contributed by atoms with Crippen molar-refractivity contribution in [3.63, 3.8) is 0 Å². The average molecular weight is 341 g/mol. The average Bonchev–Trinajstić information content (AvgIpc) is 3.07. The molecule has 2 aliphatic rings. The molecule has 130 valence electrons. The first kappa shape index (κ1) is 18.3. The topological polar surface area (TPSA) is 72.9 Å². The predicted molar refractivity (Wildman–Crippen MR) is 94.8 cm³/mol. The molecule has 0 radical (unpaired) electrons. The third kappa shape index (κ3) is 4.48. The summed E-state index contributed by atoms with van der Waals surface area (Å²) in [5, 5.41) is 7.63. The summed E-state index contributed by atoms with van der Waals surface area (Å²) in [6.07, 6.45) is 10.2. The molecule has 23 heavy (non-hydrogen) atoms. The second kappa shape index (κ2) is 8.15. The van der Waals surface area contributed by atoms with Crippen molar-refractivity contribution in [3.8, 4) is 0 Å². The molecule has 0 saturated heterocycles. The van der Waals surface area contributed by atoms with E-state index < -0.39 is 0 Å². The largest absolute Gasteiger partial charge is 0.327 e. The van der Waals surface area contributed by atoms with Crippen LogP contribution in [0.2, 0.25) is 0 Å². The molecule has 3 N–H and O–H groups in total. The highest BCUT2D eigenvalue weighted by atomic mass is 35.5. The van der Waals surface area contributed by atoms with Gasteiger partial charge in [0.05, 0.1) is 5.69 Å². The van der Waals surface area contributed by atoms with Gasteiger partial charge in [0.25, 0.3) is 0 Å². The zero-order valence-corrected chi connectivity index (χ0v) is 14.8. The van der Waals surface area contributed by atoms with E-state index in [1.807, 2.05) is 7.05 Å². The molecule has 0 aliphatic heterocycles. The molecule has 0 unspecified atom stereocenters. The minimum absolute atomic E-state index is 0. The highest BCUT2D eigenvalue weighted by molar-refractivity contribution is 5.90. The van der Waals surface area contributed by atoms with Crippen LogP contribution in [0.4, 0.5) is 5.82 Å². The van der Waals surface area contributed by atoms with Gasteiger partial charge in [-0.2, -0.15) is 5.10 Å². The summed E-state index contributed by atoms with van der Waals surface area (Å²) in [7, 11) is 1.91. The van der Waals surface area contributed by atoms with Crippen molar-refractivity contribution >= 4 is 24.1 Å². The van der Waals surface area contributed by atoms with Crippen molar-refractivity contribution in [2.45, 2.75) is 69.7 Å². The highest BCUT2D eigenvalue weighted by Gasteiger charge is 2.26. The SMILES string of the molecule is Cl.Cn1nc(C2CCCCC2)cc1NC(=O)C[C@@H]1CCC[C@H]1N. The number of nitrogens with two attached hydrogens (primary N) is 1. The van der Waals surface area contributed by atoms with Crippen LogP contribution in [-0.2, 0) is 11.8 Å². The normalized spacial score (nSPS) is 25.1. The molecule has 3 rings (SSSR count). The first-order valence-corrected chi connectivity index (χ1v) is 8.73. The molecular formula is C17H29ClN4O. The van der Waals surface area contributed by atoms with Crippen LogP contribution in [-0.4, -0.2) is 21.7 Å². The van der Waals surface area contributed by atoms with Gasteiger partial charge in [-0.05, 0) is 31.6 Å². The lowest BCUT2D eigenvalue weighted by Gasteiger charge is -2.19. The highest BCUT2D eigenvalue weighted by Crippen LogP contribution is 2.33. The molecular weight excluding hydrogens is 312 g/mol. The molecule has 1 heterocycles. The molecule has 2 atom stereocenters. The van der Waals surface area contributed by atoms with E-state index in [4.69, 9.17) is 5.73 Å². The summed E-state index contributed by atoms with van der Waals surface area (Å²) in [4.78, 5) is 12.2. The van der Waals surface area contributed by atoms with Crippen molar-refractivity contribution in [2.24, 2.45) is 18.7 Å². The fourth-order valence-electron chi connectivity index (χ4n) is 3.96. The molecule has 0 spiro atoms. The van der Waals surface area contributed by atoms with Gasteiger partial charge in [0.1, 0.15) is 5.82 Å². The Morgan fingerprint density at radius 2 is 2.00 bits per heavy atom. The van der Waals surface area contributed by atoms with Crippen molar-refractivity contribution in [2.75, 3.05) is 5.32 Å². The Balaban J connectivity index is 0.00000192. The van der Waals surface area contributed by atoms with E-state index in [-0.39, 0.29) is 24.4 Å². The van der Waals surface area contributed by atoms with Crippen LogP contribution in [0.3, 0.4) is 0 Å². The van der Waals surface area contributed by atoms with E-state index in [2.05, 4.69) is 16.5 Å². The van der Waals surface area contributed by atoms with Gasteiger partial charge in [0, 0.05) is 31.5 Å². The lowest BCUT2D eigenvalue weighted by Crippen LogP contribution is -2.28. The van der Waals surface area contributed by atoms with E-state index in [0.29, 0.717) is 18.3 Å². The van der Waals surface area contributed by atoms with Gasteiger partial charge >= 0.3 is 0 Å². The number of nitrogens with zero attached hydrogens (tertiary/aromatic N) is 2. The molecule has 2 aliphatic carbocycles. The molecule has 1 aromatic rings. The molecule has 0 bridgehead atoms. The molecule has 6 heteroatoms. The maximum Gasteiger partial charge on any atom is 0.225 e. The third-order valence-electron chi connectivity index (χ3n) is 5.36. The fourth-order valence-corrected chi connectivity index (χ4v) is 3.96. The summed E-state index contributed by atoms with van der Waals surface area (Å²) in [5.41, 5.74) is 7.19. The van der Waals surface area contributed by atoms with Crippen LogP contribution >= 0.6 is 12.4 Å². The maximum absolute atomic E-state index is 12.2. The Labute approximate surface area is 144 Å². The van der Waals surface area contributed by atoms with Gasteiger partial charge in [0.15, 0.2) is 0 Å². The Morgan fingerprint density at radius 1 is 1.26 bits per heavy atom. The van der Waals surface area contributed by atoms with Crippen LogP contribution in [0.15, 0.2) is 6.07 Å². The number of carbonyl (C=O) groups excluding carboxylic acids is 1. The fraction of sp³-hybridized carbons (Fsp3) is 0.765. The van der Waals surface area contributed by atoms with Crippen LogP contribution in [0.25, 0.3) is 0 Å². The molecule has 2 fully saturated rings. The van der Waals surface area contributed by atoms with Crippen molar-refractivity contribution < 1.29 is 4.79 Å². The standard InChI is InChI=1S/C17H28N4O.ClH/c1-21-16(11-15(20-21)12-6-3-2-4-7-12)19-17(22)10-13-8-5-9-14(13)18;/h11-14H,2-10,18H2,1H3,(H,19,22);1H/t13-,14+;/m0./s1. The monoisotopic (exact) mass is 340 g/mol. The predicted octanol–water partition coefficient (Wildman–Crippen LogP) is 3.35. The summed E-state index contributed by atoms with van der Waals surface area (Å²) in [6.45, 7) is 0. The zero-order chi connectivity index (χ0) is 15.5. The quantitative estimate of drug-likeness (QED) is 0.882. The van der Waals surface area contributed by atoms with Crippen molar-refractivity contribution in [3.05, 3.63) is 11.8 Å². The number of carbonyl (C=O) groups is 1. The molecule has 5 nitrogen and oxygen atoms in total. The number of aromatic nitrogens is 2. The number of anilines is 1. The van der Waals surface area contributed by atoms with E-state index in [9.17, 15) is 4.79 Å². The Kier molecular flexibility index (Phi) is 6.48. The van der Waals surface area contributed by atoms with E-state index in [1.54, 1.807) is 4.68 Å². The Bertz CT molecular complexity index is 525. The van der Waals surface area contributed by atoms with E-state index in [1.165, 1.54) is 32.1 Å². The van der Waals surface area contributed by atoms with Crippen molar-refractivity contribution in [1.29, 1.82) is 0 Å². The van der Waals surface area contributed by atoms with E-state index >= 15 is 0 Å². The second-order valence-corrected chi connectivity index (χ2v) is 7.02. The lowest BCUT2D eigenvalue weighted by atomic mass is 9.87. The summed E-state index contributed by atoms with van der Waals surface area (Å²) >= 11 is 0. The minimum atomic E-state index is 0. The summed E-state index contributed by atoms with van der Waals surface area (Å²) in [5.74, 6) is 1.79. The van der Waals surface area contributed by atoms with Crippen molar-refractivity contribution in [1.82, 2.24) is 9.78 Å². The maximum atomic E-state index is 12.2. The van der Waals surface area contributed by atoms with Gasteiger partial charge in [-0.3, -0.25) is 9.48 Å². The number of rotatable bonds is 4. The van der Waals surface area contributed by atoms with Gasteiger partial charge < -0.3 is 11.1 Å². The number of nitrogens with one attached hydrogen (secondary N) is 1. The van der Waals surface area contributed by atoms with Gasteiger partial charge in [-0.1, -0.05) is 25.7 Å². The number of hydrogen-bond acceptors (Lipinski definition) is 3. The smallest absolute Gasteiger partial charge is 0.225 e. The van der Waals surface area contributed by atoms with E-state index in [0.717, 1.165) is 30.8 Å². The van der Waals surface area contributed by atoms with Crippen LogP contribution in [0.5, 0.6) is 0 Å². The van der Waals surface area contributed by atoms with Gasteiger partial charge in [0.2, 0.25) is 5.91 Å². The number of halogens is 1. The number of aryl methyl sites for hydroxylation is 1. The molecule has 1 aromatic heterocycles. The third-order valence-corrected chi connectivity index (χ3v) is 5.36. The Hall–Kier alpha value is -1.07. The first-order valence-electron chi connectivity index (χ1n) is 8.73. The Morgan fingerprint density at radius 3 is 2.65 bits per heavy atom. The summed E-state index contributed by atoms with van der Waals surface area (Å²) < 4.78 is 1.80. The first-order chi connectivity index (χ1) is 10.6. The number of hydrogen-bond donors (Lipinski definition) is 2. The number of amides is 1. The van der Waals surface area contributed by atoms with Crippen LogP contribution in [0.1, 0.15) is 69.4 Å². The van der Waals surface area contributed by atoms with Crippen LogP contribution in [0, 0.1) is 5.92 Å². The minimum Gasteiger partial charge on any atom is -0.327 e. The van der Waals surface area contributed by atoms with Gasteiger partial charge in [-0.25, -0.2) is 0 Å². The molecule has 2 saturated carbocycles. The second-order valence-electron chi connectivity index (χ2n) is 7.02. The lowest BCUT2D eigenvalue weighted by molar-refractivity contribution is -0.117.